The first-order chi connectivity index (χ1) is 12.6. The number of nitrogens with zero attached hydrogens (tertiary/aromatic N) is 5. The van der Waals surface area contributed by atoms with Gasteiger partial charge in [-0.2, -0.15) is 0 Å². The fourth-order valence-corrected chi connectivity index (χ4v) is 3.52. The number of nitrogens with one attached hydrogen (secondary N) is 1. The first-order valence-corrected chi connectivity index (χ1v) is 9.27. The summed E-state index contributed by atoms with van der Waals surface area (Å²) >= 11 is 0. The number of aliphatic imine (C=N–C) groups is 1. The topological polar surface area (TPSA) is 48.7 Å². The van der Waals surface area contributed by atoms with Crippen molar-refractivity contribution in [2.45, 2.75) is 25.9 Å². The molecule has 0 radical (unpaired) electrons. The largest absolute Gasteiger partial charge is 0.378 e. The maximum atomic E-state index is 4.51. The van der Waals surface area contributed by atoms with E-state index in [1.54, 1.807) is 0 Å². The average molecular weight is 482 g/mol. The molecule has 2 aromatic rings. The van der Waals surface area contributed by atoms with E-state index in [2.05, 4.69) is 81.1 Å². The minimum absolute atomic E-state index is 0. The van der Waals surface area contributed by atoms with Crippen LogP contribution in [0.3, 0.4) is 0 Å². The second-order valence-corrected chi connectivity index (χ2v) is 7.25. The highest BCUT2D eigenvalue weighted by atomic mass is 127. The first-order valence-electron chi connectivity index (χ1n) is 9.27. The summed E-state index contributed by atoms with van der Waals surface area (Å²) in [7, 11) is 5.98. The number of likely N-dealkylation sites (tertiary alicyclic amines) is 1. The van der Waals surface area contributed by atoms with Crippen molar-refractivity contribution in [3.05, 3.63) is 48.5 Å². The molecule has 1 aromatic carbocycles. The highest BCUT2D eigenvalue weighted by molar-refractivity contribution is 14.0. The van der Waals surface area contributed by atoms with Gasteiger partial charge in [-0.1, -0.05) is 19.1 Å². The lowest BCUT2D eigenvalue weighted by Crippen LogP contribution is -2.48. The molecule has 148 valence electrons. The van der Waals surface area contributed by atoms with Gasteiger partial charge >= 0.3 is 0 Å². The molecule has 3 rings (SSSR count). The molecule has 0 aliphatic carbocycles. The van der Waals surface area contributed by atoms with Gasteiger partial charge in [0.2, 0.25) is 0 Å². The van der Waals surface area contributed by atoms with E-state index >= 15 is 0 Å². The highest BCUT2D eigenvalue weighted by Crippen LogP contribution is 2.27. The van der Waals surface area contributed by atoms with Crippen molar-refractivity contribution in [3.8, 4) is 0 Å². The summed E-state index contributed by atoms with van der Waals surface area (Å²) in [5.41, 5.74) is 2.47. The zero-order chi connectivity index (χ0) is 18.5. The van der Waals surface area contributed by atoms with Crippen LogP contribution in [0, 0.1) is 5.92 Å². The minimum Gasteiger partial charge on any atom is -0.378 e. The Morgan fingerprint density at radius 2 is 2.04 bits per heavy atom. The minimum atomic E-state index is 0. The van der Waals surface area contributed by atoms with Crippen LogP contribution in [-0.2, 0) is 6.54 Å². The Kier molecular flexibility index (Phi) is 7.94. The molecule has 2 heterocycles. The Hall–Kier alpha value is -1.77. The zero-order valence-electron chi connectivity index (χ0n) is 16.7. The quantitative estimate of drug-likeness (QED) is 0.413. The lowest BCUT2D eigenvalue weighted by molar-refractivity contribution is 0.189. The monoisotopic (exact) mass is 482 g/mol. The second kappa shape index (κ2) is 9.96. The van der Waals surface area contributed by atoms with Gasteiger partial charge < -0.3 is 19.7 Å². The van der Waals surface area contributed by atoms with Crippen molar-refractivity contribution in [1.29, 1.82) is 0 Å². The molecule has 1 saturated heterocycles. The standard InChI is InChI=1S/C20H30N6.HI/c1-16-9-11-25(14-19(16)26-12-10-22-15-26)20(21-2)23-13-17-5-7-18(8-6-17)24(3)4;/h5-8,10,12,15-16,19H,9,11,13-14H2,1-4H3,(H,21,23);1H. The van der Waals surface area contributed by atoms with Gasteiger partial charge in [0.05, 0.1) is 12.4 Å². The SMILES string of the molecule is CN=C(NCc1ccc(N(C)C)cc1)N1CCC(C)C(n2ccnc2)C1.I. The normalized spacial score (nSPS) is 20.1. The average Bonchev–Trinajstić information content (AvgIpc) is 3.18. The number of hydrogen-bond donors (Lipinski definition) is 1. The van der Waals surface area contributed by atoms with Crippen LogP contribution in [0.2, 0.25) is 0 Å². The van der Waals surface area contributed by atoms with Crippen molar-refractivity contribution in [1.82, 2.24) is 19.8 Å². The van der Waals surface area contributed by atoms with Gasteiger partial charge in [0.15, 0.2) is 5.96 Å². The molecular formula is C20H31IN6. The van der Waals surface area contributed by atoms with E-state index in [4.69, 9.17) is 0 Å². The maximum Gasteiger partial charge on any atom is 0.193 e. The molecule has 27 heavy (non-hydrogen) atoms. The Morgan fingerprint density at radius 1 is 1.30 bits per heavy atom. The van der Waals surface area contributed by atoms with Gasteiger partial charge in [-0.3, -0.25) is 4.99 Å². The molecule has 1 aliphatic rings. The predicted octanol–water partition coefficient (Wildman–Crippen LogP) is 3.23. The smallest absolute Gasteiger partial charge is 0.193 e. The number of aromatic nitrogens is 2. The number of imidazole rings is 1. The van der Waals surface area contributed by atoms with Gasteiger partial charge in [-0.15, -0.1) is 24.0 Å². The molecule has 0 saturated carbocycles. The molecule has 1 N–H and O–H groups in total. The van der Waals surface area contributed by atoms with Crippen molar-refractivity contribution >= 4 is 35.6 Å². The van der Waals surface area contributed by atoms with Crippen LogP contribution in [0.15, 0.2) is 48.0 Å². The molecular weight excluding hydrogens is 451 g/mol. The highest BCUT2D eigenvalue weighted by Gasteiger charge is 2.28. The van der Waals surface area contributed by atoms with Crippen LogP contribution in [0.1, 0.15) is 24.9 Å². The van der Waals surface area contributed by atoms with E-state index in [1.165, 1.54) is 11.3 Å². The summed E-state index contributed by atoms with van der Waals surface area (Å²) in [4.78, 5) is 13.2. The molecule has 1 fully saturated rings. The van der Waals surface area contributed by atoms with Crippen LogP contribution < -0.4 is 10.2 Å². The Balaban J connectivity index is 0.00000261. The lowest BCUT2D eigenvalue weighted by atomic mass is 9.93. The van der Waals surface area contributed by atoms with Crippen molar-refractivity contribution in [2.75, 3.05) is 39.1 Å². The van der Waals surface area contributed by atoms with Crippen molar-refractivity contribution in [3.63, 3.8) is 0 Å². The summed E-state index contributed by atoms with van der Waals surface area (Å²) < 4.78 is 2.23. The lowest BCUT2D eigenvalue weighted by Gasteiger charge is -2.39. The van der Waals surface area contributed by atoms with Gasteiger partial charge in [0.25, 0.3) is 0 Å². The van der Waals surface area contributed by atoms with E-state index in [-0.39, 0.29) is 24.0 Å². The summed E-state index contributed by atoms with van der Waals surface area (Å²) in [6, 6.07) is 9.07. The van der Waals surface area contributed by atoms with Crippen LogP contribution in [-0.4, -0.2) is 54.6 Å². The number of hydrogen-bond acceptors (Lipinski definition) is 3. The Morgan fingerprint density at radius 3 is 2.63 bits per heavy atom. The van der Waals surface area contributed by atoms with Crippen LogP contribution >= 0.6 is 24.0 Å². The van der Waals surface area contributed by atoms with E-state index in [0.717, 1.165) is 32.0 Å². The molecule has 7 heteroatoms. The fourth-order valence-electron chi connectivity index (χ4n) is 3.52. The Labute approximate surface area is 179 Å². The molecule has 2 atom stereocenters. The third-order valence-corrected chi connectivity index (χ3v) is 5.24. The zero-order valence-corrected chi connectivity index (χ0v) is 19.0. The number of rotatable bonds is 4. The van der Waals surface area contributed by atoms with E-state index in [0.29, 0.717) is 12.0 Å². The van der Waals surface area contributed by atoms with Crippen molar-refractivity contribution in [2.24, 2.45) is 10.9 Å². The number of piperidine rings is 1. The third kappa shape index (κ3) is 5.37. The van der Waals surface area contributed by atoms with E-state index in [1.807, 2.05) is 19.6 Å². The number of guanidine groups is 1. The Bertz CT molecular complexity index is 711. The number of anilines is 1. The first kappa shape index (κ1) is 21.5. The van der Waals surface area contributed by atoms with E-state index < -0.39 is 0 Å². The van der Waals surface area contributed by atoms with Crippen LogP contribution in [0.25, 0.3) is 0 Å². The third-order valence-electron chi connectivity index (χ3n) is 5.24. The molecule has 0 bridgehead atoms. The van der Waals surface area contributed by atoms with Gasteiger partial charge in [0, 0.05) is 58.9 Å². The predicted molar refractivity (Wildman–Crippen MR) is 123 cm³/mol. The van der Waals surface area contributed by atoms with Gasteiger partial charge in [-0.05, 0) is 30.0 Å². The summed E-state index contributed by atoms with van der Waals surface area (Å²) in [5, 5.41) is 3.52. The molecule has 6 nitrogen and oxygen atoms in total. The molecule has 1 aromatic heterocycles. The summed E-state index contributed by atoms with van der Waals surface area (Å²) in [6.07, 6.45) is 7.00. The molecule has 2 unspecified atom stereocenters. The molecule has 0 amide bonds. The van der Waals surface area contributed by atoms with E-state index in [9.17, 15) is 0 Å². The number of benzene rings is 1. The van der Waals surface area contributed by atoms with Crippen LogP contribution in [0.4, 0.5) is 5.69 Å². The number of halogens is 1. The van der Waals surface area contributed by atoms with Gasteiger partial charge in [-0.25, -0.2) is 4.98 Å². The second-order valence-electron chi connectivity index (χ2n) is 7.25. The van der Waals surface area contributed by atoms with Gasteiger partial charge in [0.1, 0.15) is 0 Å². The summed E-state index contributed by atoms with van der Waals surface area (Å²) in [5.74, 6) is 1.61. The maximum absolute atomic E-state index is 4.51. The summed E-state index contributed by atoms with van der Waals surface area (Å²) in [6.45, 7) is 5.09. The van der Waals surface area contributed by atoms with Crippen LogP contribution in [0.5, 0.6) is 0 Å². The fraction of sp³-hybridized carbons (Fsp3) is 0.500. The van der Waals surface area contributed by atoms with Crippen molar-refractivity contribution < 1.29 is 0 Å². The molecule has 0 spiro atoms. The molecule has 1 aliphatic heterocycles.